The van der Waals surface area contributed by atoms with Crippen molar-refractivity contribution in [1.29, 1.82) is 0 Å². The van der Waals surface area contributed by atoms with Crippen molar-refractivity contribution in [2.24, 2.45) is 0 Å². The van der Waals surface area contributed by atoms with Gasteiger partial charge in [0.05, 0.1) is 12.0 Å². The zero-order valence-corrected chi connectivity index (χ0v) is 13.7. The van der Waals surface area contributed by atoms with Crippen LogP contribution in [0.15, 0.2) is 23.1 Å². The summed E-state index contributed by atoms with van der Waals surface area (Å²) >= 11 is 1.57. The number of aryl methyl sites for hydroxylation is 1. The predicted octanol–water partition coefficient (Wildman–Crippen LogP) is 2.47. The van der Waals surface area contributed by atoms with E-state index in [1.807, 2.05) is 31.4 Å². The van der Waals surface area contributed by atoms with Crippen LogP contribution in [-0.2, 0) is 9.53 Å². The lowest BCUT2D eigenvalue weighted by Gasteiger charge is -2.37. The van der Waals surface area contributed by atoms with Crippen LogP contribution in [0.1, 0.15) is 35.2 Å². The largest absolute Gasteiger partial charge is 0.481 e. The van der Waals surface area contributed by atoms with Crippen molar-refractivity contribution in [1.82, 2.24) is 5.32 Å². The minimum absolute atomic E-state index is 0.0800. The first-order valence-corrected chi connectivity index (χ1v) is 8.45. The van der Waals surface area contributed by atoms with Crippen LogP contribution in [0.3, 0.4) is 0 Å². The van der Waals surface area contributed by atoms with Crippen LogP contribution in [0.25, 0.3) is 0 Å². The second-order valence-electron chi connectivity index (χ2n) is 5.60. The monoisotopic (exact) mass is 323 g/mol. The number of carboxylic acids is 1. The summed E-state index contributed by atoms with van der Waals surface area (Å²) in [6, 6.07) is 5.73. The highest BCUT2D eigenvalue weighted by Gasteiger charge is 2.36. The summed E-state index contributed by atoms with van der Waals surface area (Å²) < 4.78 is 5.31. The first kappa shape index (κ1) is 16.8. The van der Waals surface area contributed by atoms with Gasteiger partial charge in [-0.15, -0.1) is 11.8 Å². The summed E-state index contributed by atoms with van der Waals surface area (Å²) in [5, 5.41) is 12.1. The van der Waals surface area contributed by atoms with Crippen LogP contribution in [0.2, 0.25) is 0 Å². The summed E-state index contributed by atoms with van der Waals surface area (Å²) in [5.74, 6) is -1.12. The Labute approximate surface area is 134 Å². The highest BCUT2D eigenvalue weighted by Crippen LogP contribution is 2.26. The van der Waals surface area contributed by atoms with Crippen molar-refractivity contribution in [3.05, 3.63) is 29.3 Å². The van der Waals surface area contributed by atoms with Gasteiger partial charge in [-0.3, -0.25) is 9.59 Å². The average Bonchev–Trinajstić information content (AvgIpc) is 2.47. The topological polar surface area (TPSA) is 75.6 Å². The lowest BCUT2D eigenvalue weighted by Crippen LogP contribution is -2.53. The highest BCUT2D eigenvalue weighted by atomic mass is 32.2. The second kappa shape index (κ2) is 7.15. The lowest BCUT2D eigenvalue weighted by molar-refractivity contribution is -0.139. The van der Waals surface area contributed by atoms with Crippen molar-refractivity contribution >= 4 is 23.6 Å². The lowest BCUT2D eigenvalue weighted by atomic mass is 9.86. The summed E-state index contributed by atoms with van der Waals surface area (Å²) in [6.45, 7) is 2.82. The van der Waals surface area contributed by atoms with Gasteiger partial charge in [0.15, 0.2) is 0 Å². The molecule has 1 heterocycles. The summed E-state index contributed by atoms with van der Waals surface area (Å²) in [6.07, 6.45) is 2.92. The number of benzene rings is 1. The summed E-state index contributed by atoms with van der Waals surface area (Å²) in [7, 11) is 0. The van der Waals surface area contributed by atoms with Gasteiger partial charge in [0.25, 0.3) is 5.91 Å². The number of amides is 1. The number of ether oxygens (including phenoxy) is 1. The van der Waals surface area contributed by atoms with E-state index in [-0.39, 0.29) is 12.3 Å². The minimum Gasteiger partial charge on any atom is -0.481 e. The number of aliphatic carboxylic acids is 1. The molecule has 0 aliphatic carbocycles. The Morgan fingerprint density at radius 2 is 2.05 bits per heavy atom. The van der Waals surface area contributed by atoms with E-state index >= 15 is 0 Å². The molecule has 0 unspecified atom stereocenters. The maximum Gasteiger partial charge on any atom is 0.305 e. The van der Waals surface area contributed by atoms with E-state index in [4.69, 9.17) is 9.84 Å². The third kappa shape index (κ3) is 4.01. The van der Waals surface area contributed by atoms with E-state index in [1.54, 1.807) is 11.8 Å². The molecule has 5 nitrogen and oxygen atoms in total. The second-order valence-corrected chi connectivity index (χ2v) is 6.48. The molecule has 1 aromatic rings. The number of carboxylic acid groups (broad SMARTS) is 1. The number of hydrogen-bond donors (Lipinski definition) is 2. The Morgan fingerprint density at radius 3 is 2.64 bits per heavy atom. The van der Waals surface area contributed by atoms with Gasteiger partial charge in [0.2, 0.25) is 0 Å². The number of nitrogens with one attached hydrogen (secondary N) is 1. The SMILES string of the molecule is CSc1ccc(C)c(C(=O)NC2(CC(=O)O)CCOCC2)c1. The van der Waals surface area contributed by atoms with Gasteiger partial charge in [0.1, 0.15) is 0 Å². The van der Waals surface area contributed by atoms with Crippen molar-refractivity contribution in [2.75, 3.05) is 19.5 Å². The number of thioether (sulfide) groups is 1. The Bertz CT molecular complexity index is 567. The van der Waals surface area contributed by atoms with Gasteiger partial charge in [-0.2, -0.15) is 0 Å². The van der Waals surface area contributed by atoms with Gasteiger partial charge in [0, 0.05) is 23.7 Å². The van der Waals surface area contributed by atoms with Crippen LogP contribution < -0.4 is 5.32 Å². The van der Waals surface area contributed by atoms with Crippen LogP contribution in [0, 0.1) is 6.92 Å². The molecule has 120 valence electrons. The third-order valence-corrected chi connectivity index (χ3v) is 4.73. The van der Waals surface area contributed by atoms with E-state index in [2.05, 4.69) is 5.32 Å². The van der Waals surface area contributed by atoms with Gasteiger partial charge < -0.3 is 15.2 Å². The molecule has 0 saturated carbocycles. The molecule has 0 bridgehead atoms. The van der Waals surface area contributed by atoms with E-state index in [9.17, 15) is 9.59 Å². The van der Waals surface area contributed by atoms with Crippen molar-refractivity contribution in [3.8, 4) is 0 Å². The van der Waals surface area contributed by atoms with Crippen LogP contribution in [0.5, 0.6) is 0 Å². The van der Waals surface area contributed by atoms with Crippen molar-refractivity contribution < 1.29 is 19.4 Å². The molecule has 6 heteroatoms. The number of carbonyl (C=O) groups is 2. The Morgan fingerprint density at radius 1 is 1.36 bits per heavy atom. The molecule has 2 N–H and O–H groups in total. The average molecular weight is 323 g/mol. The highest BCUT2D eigenvalue weighted by molar-refractivity contribution is 7.98. The molecule has 1 aromatic carbocycles. The van der Waals surface area contributed by atoms with Crippen LogP contribution >= 0.6 is 11.8 Å². The molecule has 2 rings (SSSR count). The Kier molecular flexibility index (Phi) is 5.47. The molecule has 0 radical (unpaired) electrons. The smallest absolute Gasteiger partial charge is 0.305 e. The van der Waals surface area contributed by atoms with Crippen molar-refractivity contribution in [2.45, 2.75) is 36.6 Å². The molecule has 1 aliphatic rings. The standard InChI is InChI=1S/C16H21NO4S/c1-11-3-4-12(22-2)9-13(11)15(20)17-16(10-14(18)19)5-7-21-8-6-16/h3-4,9H,5-8,10H2,1-2H3,(H,17,20)(H,18,19). The van der Waals surface area contributed by atoms with Gasteiger partial charge in [-0.05, 0) is 43.7 Å². The molecule has 22 heavy (non-hydrogen) atoms. The van der Waals surface area contributed by atoms with Crippen molar-refractivity contribution in [3.63, 3.8) is 0 Å². The molecule has 0 aromatic heterocycles. The molecule has 1 fully saturated rings. The van der Waals surface area contributed by atoms with Gasteiger partial charge in [-0.25, -0.2) is 0 Å². The summed E-state index contributed by atoms with van der Waals surface area (Å²) in [4.78, 5) is 24.8. The van der Waals surface area contributed by atoms with Crippen LogP contribution in [0.4, 0.5) is 0 Å². The number of rotatable bonds is 5. The quantitative estimate of drug-likeness (QED) is 0.814. The first-order valence-electron chi connectivity index (χ1n) is 7.22. The van der Waals surface area contributed by atoms with E-state index in [1.165, 1.54) is 0 Å². The third-order valence-electron chi connectivity index (χ3n) is 4.01. The van der Waals surface area contributed by atoms with E-state index < -0.39 is 11.5 Å². The molecule has 1 saturated heterocycles. The van der Waals surface area contributed by atoms with E-state index in [0.29, 0.717) is 31.6 Å². The molecule has 1 aliphatic heterocycles. The van der Waals surface area contributed by atoms with Gasteiger partial charge in [-0.1, -0.05) is 6.07 Å². The Hall–Kier alpha value is -1.53. The fourth-order valence-electron chi connectivity index (χ4n) is 2.68. The number of carbonyl (C=O) groups excluding carboxylic acids is 1. The molecule has 0 atom stereocenters. The fourth-order valence-corrected chi connectivity index (χ4v) is 3.12. The number of hydrogen-bond acceptors (Lipinski definition) is 4. The molecule has 0 spiro atoms. The Balaban J connectivity index is 2.22. The molecule has 1 amide bonds. The summed E-state index contributed by atoms with van der Waals surface area (Å²) in [5.41, 5.74) is 0.763. The van der Waals surface area contributed by atoms with Crippen LogP contribution in [-0.4, -0.2) is 42.0 Å². The van der Waals surface area contributed by atoms with Gasteiger partial charge >= 0.3 is 5.97 Å². The fraction of sp³-hybridized carbons (Fsp3) is 0.500. The normalized spacial score (nSPS) is 17.0. The maximum atomic E-state index is 12.6. The zero-order valence-electron chi connectivity index (χ0n) is 12.8. The molecular formula is C16H21NO4S. The first-order chi connectivity index (χ1) is 10.5. The zero-order chi connectivity index (χ0) is 16.2. The predicted molar refractivity (Wildman–Crippen MR) is 85.5 cm³/mol. The molecular weight excluding hydrogens is 302 g/mol. The minimum atomic E-state index is -0.906. The van der Waals surface area contributed by atoms with E-state index in [0.717, 1.165) is 10.5 Å². The maximum absolute atomic E-state index is 12.6.